The van der Waals surface area contributed by atoms with Crippen molar-refractivity contribution in [3.8, 4) is 0 Å². The molecule has 1 N–H and O–H groups in total. The molecular weight excluding hydrogens is 214 g/mol. The van der Waals surface area contributed by atoms with Crippen molar-refractivity contribution in [1.29, 1.82) is 0 Å². The molecule has 1 heterocycles. The highest BCUT2D eigenvalue weighted by molar-refractivity contribution is 7.93. The first-order valence-electron chi connectivity index (χ1n) is 4.84. The maximum absolute atomic E-state index is 11.7. The predicted octanol–water partition coefficient (Wildman–Crippen LogP) is 0.719. The molecule has 0 unspecified atom stereocenters. The van der Waals surface area contributed by atoms with Gasteiger partial charge in [0, 0.05) is 12.1 Å². The summed E-state index contributed by atoms with van der Waals surface area (Å²) in [6, 6.07) is 7.04. The van der Waals surface area contributed by atoms with E-state index in [1.54, 1.807) is 24.3 Å². The topological polar surface area (TPSA) is 57.6 Å². The monoisotopic (exact) mass is 227 g/mol. The minimum Gasteiger partial charge on any atom is -0.392 e. The first kappa shape index (κ1) is 10.4. The van der Waals surface area contributed by atoms with Gasteiger partial charge in [-0.1, -0.05) is 18.2 Å². The van der Waals surface area contributed by atoms with Gasteiger partial charge in [-0.15, -0.1) is 0 Å². The van der Waals surface area contributed by atoms with Crippen molar-refractivity contribution in [3.05, 3.63) is 29.8 Å². The van der Waals surface area contributed by atoms with E-state index in [1.807, 2.05) is 0 Å². The summed E-state index contributed by atoms with van der Waals surface area (Å²) in [5, 5.41) is 9.13. The fourth-order valence-electron chi connectivity index (χ4n) is 1.80. The van der Waals surface area contributed by atoms with E-state index in [1.165, 1.54) is 4.31 Å². The summed E-state index contributed by atoms with van der Waals surface area (Å²) >= 11 is 0. The summed E-state index contributed by atoms with van der Waals surface area (Å²) in [6.45, 7) is 0.377. The Labute approximate surface area is 89.2 Å². The SMILES string of the molecule is O=S1(=O)CCCN1c1ccccc1CO. The van der Waals surface area contributed by atoms with E-state index in [4.69, 9.17) is 5.11 Å². The Morgan fingerprint density at radius 1 is 1.33 bits per heavy atom. The van der Waals surface area contributed by atoms with Gasteiger partial charge in [0.05, 0.1) is 18.0 Å². The highest BCUT2D eigenvalue weighted by Crippen LogP contribution is 2.27. The molecule has 1 saturated heterocycles. The van der Waals surface area contributed by atoms with Crippen LogP contribution in [0.2, 0.25) is 0 Å². The molecule has 0 aliphatic carbocycles. The lowest BCUT2D eigenvalue weighted by Crippen LogP contribution is -2.26. The van der Waals surface area contributed by atoms with Crippen LogP contribution in [0.15, 0.2) is 24.3 Å². The quantitative estimate of drug-likeness (QED) is 0.810. The fraction of sp³-hybridized carbons (Fsp3) is 0.400. The zero-order valence-corrected chi connectivity index (χ0v) is 9.07. The molecule has 15 heavy (non-hydrogen) atoms. The van der Waals surface area contributed by atoms with Crippen LogP contribution in [0.5, 0.6) is 0 Å². The third kappa shape index (κ3) is 1.85. The van der Waals surface area contributed by atoms with Crippen molar-refractivity contribution in [2.24, 2.45) is 0 Å². The number of para-hydroxylation sites is 1. The molecule has 1 aromatic carbocycles. The standard InChI is InChI=1S/C10H13NO3S/c12-8-9-4-1-2-5-10(9)11-6-3-7-15(11,13)14/h1-2,4-5,12H,3,6-8H2. The van der Waals surface area contributed by atoms with Gasteiger partial charge in [-0.25, -0.2) is 8.42 Å². The second-order valence-corrected chi connectivity index (χ2v) is 5.54. The van der Waals surface area contributed by atoms with Gasteiger partial charge in [0.2, 0.25) is 10.0 Å². The van der Waals surface area contributed by atoms with E-state index >= 15 is 0 Å². The van der Waals surface area contributed by atoms with Crippen molar-refractivity contribution in [1.82, 2.24) is 0 Å². The van der Waals surface area contributed by atoms with Gasteiger partial charge in [0.1, 0.15) is 0 Å². The van der Waals surface area contributed by atoms with E-state index in [0.717, 1.165) is 0 Å². The normalized spacial score (nSPS) is 19.4. The van der Waals surface area contributed by atoms with Crippen LogP contribution in [-0.2, 0) is 16.6 Å². The lowest BCUT2D eigenvalue weighted by Gasteiger charge is -2.19. The average molecular weight is 227 g/mol. The highest BCUT2D eigenvalue weighted by Gasteiger charge is 2.29. The van der Waals surface area contributed by atoms with Crippen LogP contribution in [0, 0.1) is 0 Å². The zero-order valence-electron chi connectivity index (χ0n) is 8.26. The van der Waals surface area contributed by atoms with E-state index < -0.39 is 10.0 Å². The third-order valence-electron chi connectivity index (χ3n) is 2.53. The van der Waals surface area contributed by atoms with Crippen molar-refractivity contribution >= 4 is 15.7 Å². The molecule has 1 aliphatic rings. The Morgan fingerprint density at radius 3 is 2.67 bits per heavy atom. The third-order valence-corrected chi connectivity index (χ3v) is 4.39. The maximum atomic E-state index is 11.7. The van der Waals surface area contributed by atoms with Gasteiger partial charge in [-0.2, -0.15) is 0 Å². The molecular formula is C10H13NO3S. The molecule has 0 saturated carbocycles. The lowest BCUT2D eigenvalue weighted by atomic mass is 10.2. The van der Waals surface area contributed by atoms with Crippen LogP contribution in [0.1, 0.15) is 12.0 Å². The number of hydrogen-bond donors (Lipinski definition) is 1. The van der Waals surface area contributed by atoms with Crippen LogP contribution in [0.25, 0.3) is 0 Å². The van der Waals surface area contributed by atoms with Crippen molar-refractivity contribution < 1.29 is 13.5 Å². The molecule has 0 aromatic heterocycles. The summed E-state index contributed by atoms with van der Waals surface area (Å²) in [6.07, 6.45) is 0.655. The summed E-state index contributed by atoms with van der Waals surface area (Å²) in [7, 11) is -3.15. The number of benzene rings is 1. The van der Waals surface area contributed by atoms with Crippen molar-refractivity contribution in [2.75, 3.05) is 16.6 Å². The van der Waals surface area contributed by atoms with E-state index in [9.17, 15) is 8.42 Å². The molecule has 82 valence electrons. The Hall–Kier alpha value is -1.07. The number of aliphatic hydroxyl groups excluding tert-OH is 1. The molecule has 2 rings (SSSR count). The molecule has 0 atom stereocenters. The van der Waals surface area contributed by atoms with Gasteiger partial charge in [0.25, 0.3) is 0 Å². The number of nitrogens with zero attached hydrogens (tertiary/aromatic N) is 1. The van der Waals surface area contributed by atoms with Gasteiger partial charge in [-0.3, -0.25) is 4.31 Å². The first-order valence-corrected chi connectivity index (χ1v) is 6.45. The molecule has 0 amide bonds. The van der Waals surface area contributed by atoms with Gasteiger partial charge in [-0.05, 0) is 12.5 Å². The zero-order chi connectivity index (χ0) is 10.9. The number of sulfonamides is 1. The number of hydrogen-bond acceptors (Lipinski definition) is 3. The smallest absolute Gasteiger partial charge is 0.235 e. The van der Waals surface area contributed by atoms with Crippen LogP contribution in [-0.4, -0.2) is 25.8 Å². The Balaban J connectivity index is 2.45. The average Bonchev–Trinajstić information content (AvgIpc) is 2.58. The number of anilines is 1. The molecule has 0 spiro atoms. The van der Waals surface area contributed by atoms with Crippen LogP contribution < -0.4 is 4.31 Å². The van der Waals surface area contributed by atoms with Crippen LogP contribution in [0.3, 0.4) is 0 Å². The molecule has 5 heteroatoms. The molecule has 1 fully saturated rings. The maximum Gasteiger partial charge on any atom is 0.235 e. The molecule has 0 radical (unpaired) electrons. The molecule has 1 aromatic rings. The number of aliphatic hydroxyl groups is 1. The van der Waals surface area contributed by atoms with Crippen LogP contribution in [0.4, 0.5) is 5.69 Å². The summed E-state index contributed by atoms with van der Waals surface area (Å²) in [4.78, 5) is 0. The van der Waals surface area contributed by atoms with E-state index in [0.29, 0.717) is 24.2 Å². The van der Waals surface area contributed by atoms with Crippen molar-refractivity contribution in [2.45, 2.75) is 13.0 Å². The predicted molar refractivity (Wildman–Crippen MR) is 58.1 cm³/mol. The Morgan fingerprint density at radius 2 is 2.07 bits per heavy atom. The first-order chi connectivity index (χ1) is 7.15. The van der Waals surface area contributed by atoms with Crippen molar-refractivity contribution in [3.63, 3.8) is 0 Å². The highest BCUT2D eigenvalue weighted by atomic mass is 32.2. The summed E-state index contributed by atoms with van der Waals surface area (Å²) in [5.41, 5.74) is 1.26. The fourth-order valence-corrected chi connectivity index (χ4v) is 3.40. The van der Waals surface area contributed by atoms with E-state index in [2.05, 4.69) is 0 Å². The molecule has 1 aliphatic heterocycles. The molecule has 4 nitrogen and oxygen atoms in total. The Kier molecular flexibility index (Phi) is 2.67. The van der Waals surface area contributed by atoms with Crippen LogP contribution >= 0.6 is 0 Å². The van der Waals surface area contributed by atoms with Gasteiger partial charge < -0.3 is 5.11 Å². The molecule has 0 bridgehead atoms. The van der Waals surface area contributed by atoms with E-state index in [-0.39, 0.29) is 12.4 Å². The number of rotatable bonds is 2. The lowest BCUT2D eigenvalue weighted by molar-refractivity contribution is 0.282. The largest absolute Gasteiger partial charge is 0.392 e. The second-order valence-electron chi connectivity index (χ2n) is 3.53. The second kappa shape index (κ2) is 3.83. The Bertz CT molecular complexity index is 455. The minimum atomic E-state index is -3.15. The van der Waals surface area contributed by atoms with Gasteiger partial charge in [0.15, 0.2) is 0 Å². The summed E-state index contributed by atoms with van der Waals surface area (Å²) in [5.74, 6) is 0.201. The minimum absolute atomic E-state index is 0.137. The summed E-state index contributed by atoms with van der Waals surface area (Å²) < 4.78 is 24.7. The van der Waals surface area contributed by atoms with Gasteiger partial charge >= 0.3 is 0 Å².